The van der Waals surface area contributed by atoms with E-state index in [4.69, 9.17) is 30.2 Å². The van der Waals surface area contributed by atoms with Crippen LogP contribution in [0.25, 0.3) is 0 Å². The molecule has 1 saturated heterocycles. The molecule has 5 atom stereocenters. The second-order valence-electron chi connectivity index (χ2n) is 11.3. The summed E-state index contributed by atoms with van der Waals surface area (Å²) in [6.07, 6.45) is 7.04. The molecule has 2 unspecified atom stereocenters. The predicted octanol–water partition coefficient (Wildman–Crippen LogP) is 7.03. The van der Waals surface area contributed by atoms with Crippen molar-refractivity contribution in [2.75, 3.05) is 20.3 Å². The smallest absolute Gasteiger partial charge is 0.348 e. The summed E-state index contributed by atoms with van der Waals surface area (Å²) in [6.45, 7) is 12.9. The summed E-state index contributed by atoms with van der Waals surface area (Å²) in [6, 6.07) is 3.89. The molecule has 0 radical (unpaired) electrons. The van der Waals surface area contributed by atoms with Gasteiger partial charge in [0.2, 0.25) is 0 Å². The van der Waals surface area contributed by atoms with Crippen LogP contribution in [0.2, 0.25) is 18.1 Å². The minimum atomic E-state index is -1.87. The topological polar surface area (TPSA) is 54.0 Å². The molecule has 0 N–H and O–H groups in total. The lowest BCUT2D eigenvalue weighted by Crippen LogP contribution is -2.44. The van der Waals surface area contributed by atoms with Gasteiger partial charge in [0, 0.05) is 29.4 Å². The Balaban J connectivity index is 1.64. The second kappa shape index (κ2) is 12.2. The number of hydrogen-bond acceptors (Lipinski definition) is 6. The SMILES string of the molecule is COC(=O)c1ccc(CCCC2[C@H](Cl)C[C@@H](OC3CCCCO3)[C@@H]2CO[Si](C)(C)C(C)(C)C)s1. The van der Waals surface area contributed by atoms with Gasteiger partial charge in [-0.15, -0.1) is 22.9 Å². The largest absolute Gasteiger partial charge is 0.465 e. The van der Waals surface area contributed by atoms with E-state index in [9.17, 15) is 4.79 Å². The molecule has 2 aliphatic rings. The van der Waals surface area contributed by atoms with Gasteiger partial charge in [-0.1, -0.05) is 20.8 Å². The molecule has 1 aliphatic heterocycles. The first kappa shape index (κ1) is 28.1. The van der Waals surface area contributed by atoms with E-state index in [2.05, 4.69) is 33.9 Å². The lowest BCUT2D eigenvalue weighted by Gasteiger charge is -2.39. The molecule has 0 amide bonds. The van der Waals surface area contributed by atoms with Crippen LogP contribution in [0, 0.1) is 11.8 Å². The summed E-state index contributed by atoms with van der Waals surface area (Å²) in [5.41, 5.74) is 0. The van der Waals surface area contributed by atoms with Gasteiger partial charge in [-0.25, -0.2) is 4.79 Å². The standard InChI is InChI=1S/C26H43ClO5SSi/c1-26(2,3)34(5,6)31-17-20-19(11-9-10-18-13-14-23(33-18)25(28)29-4)21(27)16-22(20)32-24-12-7-8-15-30-24/h13-14,19-22,24H,7-12,15-17H2,1-6H3/t19?,20-,21-,22-,24?/m1/s1. The molecule has 1 aliphatic carbocycles. The van der Waals surface area contributed by atoms with E-state index in [0.29, 0.717) is 17.4 Å². The third-order valence-electron chi connectivity index (χ3n) is 7.87. The van der Waals surface area contributed by atoms with Crippen LogP contribution in [0.1, 0.15) is 73.8 Å². The highest BCUT2D eigenvalue weighted by atomic mass is 35.5. The van der Waals surface area contributed by atoms with Crippen molar-refractivity contribution in [3.8, 4) is 0 Å². The zero-order valence-corrected chi connectivity index (χ0v) is 24.3. The third kappa shape index (κ3) is 7.29. The minimum Gasteiger partial charge on any atom is -0.465 e. The number of carbonyl (C=O) groups excluding carboxylic acids is 1. The lowest BCUT2D eigenvalue weighted by atomic mass is 9.90. The van der Waals surface area contributed by atoms with Crippen LogP contribution in [0.4, 0.5) is 0 Å². The highest BCUT2D eigenvalue weighted by molar-refractivity contribution is 7.13. The number of hydrogen-bond donors (Lipinski definition) is 0. The van der Waals surface area contributed by atoms with E-state index in [1.165, 1.54) is 23.3 Å². The molecule has 1 aromatic rings. The fraction of sp³-hybridized carbons (Fsp3) is 0.808. The fourth-order valence-electron chi connectivity index (χ4n) is 4.67. The van der Waals surface area contributed by atoms with Gasteiger partial charge < -0.3 is 18.6 Å². The summed E-state index contributed by atoms with van der Waals surface area (Å²) in [5.74, 6) is 0.358. The second-order valence-corrected chi connectivity index (χ2v) is 17.8. The van der Waals surface area contributed by atoms with Gasteiger partial charge in [-0.3, -0.25) is 0 Å². The number of rotatable bonds is 10. The molecule has 1 saturated carbocycles. The molecule has 8 heteroatoms. The van der Waals surface area contributed by atoms with Crippen LogP contribution in [-0.4, -0.2) is 52.4 Å². The van der Waals surface area contributed by atoms with Gasteiger partial charge in [0.05, 0.1) is 13.2 Å². The number of thiophene rings is 1. The number of methoxy groups -OCH3 is 1. The molecule has 34 heavy (non-hydrogen) atoms. The molecular formula is C26H43ClO5SSi. The number of halogens is 1. The average molecular weight is 531 g/mol. The molecule has 0 aromatic carbocycles. The van der Waals surface area contributed by atoms with Crippen LogP contribution in [-0.2, 0) is 25.1 Å². The van der Waals surface area contributed by atoms with Gasteiger partial charge in [-0.05, 0) is 81.1 Å². The Morgan fingerprint density at radius 2 is 2.00 bits per heavy atom. The normalized spacial score (nSPS) is 28.3. The van der Waals surface area contributed by atoms with Gasteiger partial charge in [-0.2, -0.15) is 0 Å². The van der Waals surface area contributed by atoms with Gasteiger partial charge in [0.1, 0.15) is 4.88 Å². The van der Waals surface area contributed by atoms with E-state index in [1.807, 2.05) is 12.1 Å². The maximum atomic E-state index is 11.8. The van der Waals surface area contributed by atoms with E-state index >= 15 is 0 Å². The van der Waals surface area contributed by atoms with Crippen LogP contribution in [0.3, 0.4) is 0 Å². The first-order valence-corrected chi connectivity index (χ1v) is 16.9. The highest BCUT2D eigenvalue weighted by Crippen LogP contribution is 2.44. The van der Waals surface area contributed by atoms with Crippen LogP contribution < -0.4 is 0 Å². The van der Waals surface area contributed by atoms with Crippen molar-refractivity contribution < 1.29 is 23.4 Å². The summed E-state index contributed by atoms with van der Waals surface area (Å²) in [7, 11) is -0.452. The van der Waals surface area contributed by atoms with Crippen molar-refractivity contribution >= 4 is 37.2 Å². The van der Waals surface area contributed by atoms with Crippen LogP contribution >= 0.6 is 22.9 Å². The summed E-state index contributed by atoms with van der Waals surface area (Å²) in [4.78, 5) is 13.6. The zero-order chi connectivity index (χ0) is 24.9. The van der Waals surface area contributed by atoms with Gasteiger partial charge in [0.25, 0.3) is 0 Å². The maximum Gasteiger partial charge on any atom is 0.348 e. The molecular weight excluding hydrogens is 488 g/mol. The monoisotopic (exact) mass is 530 g/mol. The van der Waals surface area contributed by atoms with Gasteiger partial charge >= 0.3 is 5.97 Å². The quantitative estimate of drug-likeness (QED) is 0.184. The molecule has 194 valence electrons. The molecule has 5 nitrogen and oxygen atoms in total. The highest BCUT2D eigenvalue weighted by Gasteiger charge is 2.46. The number of aryl methyl sites for hydroxylation is 1. The first-order valence-electron chi connectivity index (χ1n) is 12.7. The molecule has 2 fully saturated rings. The molecule has 0 bridgehead atoms. The van der Waals surface area contributed by atoms with Crippen molar-refractivity contribution in [2.24, 2.45) is 11.8 Å². The Kier molecular flexibility index (Phi) is 10.1. The van der Waals surface area contributed by atoms with Crippen LogP contribution in [0.5, 0.6) is 0 Å². The number of carbonyl (C=O) groups is 1. The Labute approximate surface area is 216 Å². The van der Waals surface area contributed by atoms with Crippen molar-refractivity contribution in [3.63, 3.8) is 0 Å². The van der Waals surface area contributed by atoms with Crippen molar-refractivity contribution in [1.29, 1.82) is 0 Å². The zero-order valence-electron chi connectivity index (χ0n) is 21.7. The average Bonchev–Trinajstić information content (AvgIpc) is 3.36. The maximum absolute atomic E-state index is 11.8. The van der Waals surface area contributed by atoms with E-state index in [1.54, 1.807) is 0 Å². The van der Waals surface area contributed by atoms with E-state index < -0.39 is 8.32 Å². The molecule has 3 rings (SSSR count). The minimum absolute atomic E-state index is 0.0769. The van der Waals surface area contributed by atoms with E-state index in [0.717, 1.165) is 51.6 Å². The summed E-state index contributed by atoms with van der Waals surface area (Å²) < 4.78 is 23.9. The third-order valence-corrected chi connectivity index (χ3v) is 14.0. The summed E-state index contributed by atoms with van der Waals surface area (Å²) in [5, 5.41) is 0.247. The van der Waals surface area contributed by atoms with Crippen molar-refractivity contribution in [3.05, 3.63) is 21.9 Å². The lowest BCUT2D eigenvalue weighted by molar-refractivity contribution is -0.197. The van der Waals surface area contributed by atoms with Crippen molar-refractivity contribution in [1.82, 2.24) is 0 Å². The fourth-order valence-corrected chi connectivity index (χ4v) is 7.17. The molecule has 0 spiro atoms. The molecule has 2 heterocycles. The number of ether oxygens (including phenoxy) is 3. The Morgan fingerprint density at radius 1 is 1.24 bits per heavy atom. The number of alkyl halides is 1. The van der Waals surface area contributed by atoms with E-state index in [-0.39, 0.29) is 34.7 Å². The van der Waals surface area contributed by atoms with Crippen LogP contribution in [0.15, 0.2) is 12.1 Å². The predicted molar refractivity (Wildman–Crippen MR) is 141 cm³/mol. The first-order chi connectivity index (χ1) is 16.0. The van der Waals surface area contributed by atoms with Crippen molar-refractivity contribution in [2.45, 2.75) is 102 Å². The Hall–Kier alpha value is -0.443. The number of esters is 1. The summed E-state index contributed by atoms with van der Waals surface area (Å²) >= 11 is 8.47. The van der Waals surface area contributed by atoms with Gasteiger partial charge in [0.15, 0.2) is 14.6 Å². The molecule has 1 aromatic heterocycles. The Morgan fingerprint density at radius 3 is 2.65 bits per heavy atom. The Bertz CT molecular complexity index is 786.